The minimum absolute atomic E-state index is 0.214. The van der Waals surface area contributed by atoms with Gasteiger partial charge in [-0.05, 0) is 50.8 Å². The third-order valence-electron chi connectivity index (χ3n) is 5.76. The highest BCUT2D eigenvalue weighted by Crippen LogP contribution is 2.30. The normalized spacial score (nSPS) is 26.1. The molecule has 6 nitrogen and oxygen atoms in total. The van der Waals surface area contributed by atoms with Gasteiger partial charge in [0, 0.05) is 31.7 Å². The van der Waals surface area contributed by atoms with Gasteiger partial charge in [-0.2, -0.15) is 0 Å². The lowest BCUT2D eigenvalue weighted by Gasteiger charge is -2.37. The van der Waals surface area contributed by atoms with Gasteiger partial charge in [-0.1, -0.05) is 23.2 Å². The molecule has 0 amide bonds. The number of aliphatic hydroxyl groups is 1. The molecule has 1 N–H and O–H groups in total. The quantitative estimate of drug-likeness (QED) is 0.746. The summed E-state index contributed by atoms with van der Waals surface area (Å²) < 4.78 is 30.7. The van der Waals surface area contributed by atoms with E-state index >= 15 is 0 Å². The lowest BCUT2D eigenvalue weighted by Crippen LogP contribution is -2.47. The van der Waals surface area contributed by atoms with Crippen LogP contribution in [0.15, 0.2) is 18.2 Å². The van der Waals surface area contributed by atoms with Gasteiger partial charge in [0.2, 0.25) is 10.0 Å². The monoisotopic (exact) mass is 450 g/mol. The molecule has 0 aliphatic carbocycles. The van der Waals surface area contributed by atoms with E-state index in [-0.39, 0.29) is 6.61 Å². The summed E-state index contributed by atoms with van der Waals surface area (Å²) in [6, 6.07) is 5.46. The molecular formula is C19H28Cl2N2O4S. The van der Waals surface area contributed by atoms with Crippen LogP contribution >= 0.6 is 23.2 Å². The summed E-state index contributed by atoms with van der Waals surface area (Å²) in [5, 5.41) is 11.9. The number of ether oxygens (including phenoxy) is 1. The molecule has 2 heterocycles. The molecule has 0 saturated carbocycles. The van der Waals surface area contributed by atoms with E-state index in [9.17, 15) is 13.5 Å². The number of piperidine rings is 1. The van der Waals surface area contributed by atoms with E-state index in [4.69, 9.17) is 27.9 Å². The largest absolute Gasteiger partial charge is 0.491 e. The molecule has 9 heteroatoms. The van der Waals surface area contributed by atoms with Crippen molar-refractivity contribution in [3.63, 3.8) is 0 Å². The zero-order chi connectivity index (χ0) is 20.4. The minimum Gasteiger partial charge on any atom is -0.491 e. The van der Waals surface area contributed by atoms with Crippen LogP contribution < -0.4 is 4.74 Å². The lowest BCUT2D eigenvalue weighted by atomic mass is 9.96. The lowest BCUT2D eigenvalue weighted by molar-refractivity contribution is -0.0179. The highest BCUT2D eigenvalue weighted by Gasteiger charge is 2.35. The molecule has 2 fully saturated rings. The summed E-state index contributed by atoms with van der Waals surface area (Å²) in [5.74, 6) is 0.595. The van der Waals surface area contributed by atoms with Crippen LogP contribution in [0.25, 0.3) is 0 Å². The van der Waals surface area contributed by atoms with Gasteiger partial charge in [0.25, 0.3) is 0 Å². The van der Waals surface area contributed by atoms with E-state index in [1.807, 2.05) is 0 Å². The van der Waals surface area contributed by atoms with E-state index < -0.39 is 15.6 Å². The van der Waals surface area contributed by atoms with Gasteiger partial charge in [-0.3, -0.25) is 0 Å². The molecule has 2 aliphatic rings. The smallest absolute Gasteiger partial charge is 0.211 e. The van der Waals surface area contributed by atoms with Crippen molar-refractivity contribution in [2.24, 2.45) is 0 Å². The Balaban J connectivity index is 1.52. The Morgan fingerprint density at radius 1 is 1.14 bits per heavy atom. The Kier molecular flexibility index (Phi) is 7.16. The van der Waals surface area contributed by atoms with Gasteiger partial charge >= 0.3 is 0 Å². The highest BCUT2D eigenvalue weighted by atomic mass is 35.5. The standard InChI is InChI=1S/C19H28Cl2N2O4S/c1-28(25,26)23-10-5-15(6-11-23)22-9-2-7-19(24,8-12-22)14-27-16-3-4-17(20)18(21)13-16/h3-4,13,15,24H,2,5-12,14H2,1H3. The van der Waals surface area contributed by atoms with Crippen LogP contribution in [0.3, 0.4) is 0 Å². The number of sulfonamides is 1. The van der Waals surface area contributed by atoms with E-state index in [1.165, 1.54) is 6.26 Å². The van der Waals surface area contributed by atoms with E-state index in [0.29, 0.717) is 47.8 Å². The minimum atomic E-state index is -3.10. The van der Waals surface area contributed by atoms with Crippen molar-refractivity contribution in [2.45, 2.75) is 43.7 Å². The molecule has 0 spiro atoms. The molecule has 0 radical (unpaired) electrons. The summed E-state index contributed by atoms with van der Waals surface area (Å²) in [6.07, 6.45) is 5.13. The topological polar surface area (TPSA) is 70.1 Å². The van der Waals surface area contributed by atoms with Crippen LogP contribution in [0, 0.1) is 0 Å². The van der Waals surface area contributed by atoms with E-state index in [0.717, 1.165) is 32.4 Å². The number of nitrogens with zero attached hydrogens (tertiary/aromatic N) is 2. The second-order valence-electron chi connectivity index (χ2n) is 7.87. The summed E-state index contributed by atoms with van der Waals surface area (Å²) in [6.45, 7) is 3.06. The predicted octanol–water partition coefficient (Wildman–Crippen LogP) is 3.01. The first-order valence-electron chi connectivity index (χ1n) is 9.66. The number of likely N-dealkylation sites (tertiary alicyclic amines) is 1. The second-order valence-corrected chi connectivity index (χ2v) is 10.7. The third kappa shape index (κ3) is 5.74. The molecule has 1 unspecified atom stereocenters. The zero-order valence-electron chi connectivity index (χ0n) is 16.1. The van der Waals surface area contributed by atoms with Crippen LogP contribution in [0.4, 0.5) is 0 Å². The first kappa shape index (κ1) is 22.1. The summed E-state index contributed by atoms with van der Waals surface area (Å²) in [5.41, 5.74) is -0.881. The van der Waals surface area contributed by atoms with Gasteiger partial charge in [-0.25, -0.2) is 12.7 Å². The highest BCUT2D eigenvalue weighted by molar-refractivity contribution is 7.88. The first-order chi connectivity index (χ1) is 13.2. The zero-order valence-corrected chi connectivity index (χ0v) is 18.4. The molecule has 1 atom stereocenters. The SMILES string of the molecule is CS(=O)(=O)N1CCC(N2CCCC(O)(COc3ccc(Cl)c(Cl)c3)CC2)CC1. The van der Waals surface area contributed by atoms with Crippen molar-refractivity contribution in [3.8, 4) is 5.75 Å². The fourth-order valence-corrected chi connectivity index (χ4v) is 5.19. The molecular weight excluding hydrogens is 423 g/mol. The molecule has 0 bridgehead atoms. The van der Waals surface area contributed by atoms with Gasteiger partial charge in [-0.15, -0.1) is 0 Å². The summed E-state index contributed by atoms with van der Waals surface area (Å²) in [4.78, 5) is 2.40. The number of hydrogen-bond donors (Lipinski definition) is 1. The molecule has 28 heavy (non-hydrogen) atoms. The molecule has 1 aromatic carbocycles. The number of hydrogen-bond acceptors (Lipinski definition) is 5. The van der Waals surface area contributed by atoms with Crippen LogP contribution in [0.5, 0.6) is 5.75 Å². The van der Waals surface area contributed by atoms with Crippen molar-refractivity contribution in [1.29, 1.82) is 0 Å². The Morgan fingerprint density at radius 2 is 1.86 bits per heavy atom. The van der Waals surface area contributed by atoms with Crippen molar-refractivity contribution >= 4 is 33.2 Å². The maximum atomic E-state index is 11.7. The van der Waals surface area contributed by atoms with Crippen LogP contribution in [-0.2, 0) is 10.0 Å². The number of rotatable bonds is 5. The fourth-order valence-electron chi connectivity index (χ4n) is 4.03. The average Bonchev–Trinajstić information content (AvgIpc) is 2.84. The molecule has 158 valence electrons. The Labute approximate surface area is 177 Å². The van der Waals surface area contributed by atoms with Gasteiger partial charge < -0.3 is 14.7 Å². The molecule has 2 aliphatic heterocycles. The molecule has 2 saturated heterocycles. The van der Waals surface area contributed by atoms with Gasteiger partial charge in [0.05, 0.1) is 21.9 Å². The fraction of sp³-hybridized carbons (Fsp3) is 0.684. The van der Waals surface area contributed by atoms with Gasteiger partial charge in [0.15, 0.2) is 0 Å². The van der Waals surface area contributed by atoms with E-state index in [2.05, 4.69) is 4.90 Å². The van der Waals surface area contributed by atoms with Crippen molar-refractivity contribution in [2.75, 3.05) is 39.0 Å². The summed E-state index contributed by atoms with van der Waals surface area (Å²) in [7, 11) is -3.10. The number of halogens is 2. The molecule has 1 aromatic rings. The maximum Gasteiger partial charge on any atom is 0.211 e. The number of benzene rings is 1. The van der Waals surface area contributed by atoms with Gasteiger partial charge in [0.1, 0.15) is 12.4 Å². The van der Waals surface area contributed by atoms with E-state index in [1.54, 1.807) is 22.5 Å². The van der Waals surface area contributed by atoms with Crippen molar-refractivity contribution < 1.29 is 18.3 Å². The van der Waals surface area contributed by atoms with Crippen LogP contribution in [0.1, 0.15) is 32.1 Å². The molecule has 0 aromatic heterocycles. The predicted molar refractivity (Wildman–Crippen MR) is 112 cm³/mol. The second kappa shape index (κ2) is 9.06. The van der Waals surface area contributed by atoms with Crippen LogP contribution in [0.2, 0.25) is 10.0 Å². The Hall–Kier alpha value is -0.570. The van der Waals surface area contributed by atoms with Crippen molar-refractivity contribution in [1.82, 2.24) is 9.21 Å². The van der Waals surface area contributed by atoms with Crippen LogP contribution in [-0.4, -0.2) is 73.4 Å². The Bertz CT molecular complexity index is 784. The summed E-state index contributed by atoms with van der Waals surface area (Å²) >= 11 is 11.9. The average molecular weight is 451 g/mol. The third-order valence-corrected chi connectivity index (χ3v) is 7.80. The van der Waals surface area contributed by atoms with Crippen molar-refractivity contribution in [3.05, 3.63) is 28.2 Å². The maximum absolute atomic E-state index is 11.7. The molecule has 3 rings (SSSR count). The first-order valence-corrected chi connectivity index (χ1v) is 12.3. The Morgan fingerprint density at radius 3 is 2.50 bits per heavy atom.